The van der Waals surface area contributed by atoms with Crippen LogP contribution in [0.1, 0.15) is 20.3 Å². The fourth-order valence-corrected chi connectivity index (χ4v) is 6.36. The van der Waals surface area contributed by atoms with E-state index in [1.54, 1.807) is 0 Å². The van der Waals surface area contributed by atoms with Gasteiger partial charge in [-0.2, -0.15) is 0 Å². The van der Waals surface area contributed by atoms with Gasteiger partial charge in [-0.3, -0.25) is 15.0 Å². The van der Waals surface area contributed by atoms with Crippen LogP contribution in [-0.2, 0) is 30.4 Å². The topological polar surface area (TPSA) is 90.6 Å². The summed E-state index contributed by atoms with van der Waals surface area (Å²) < 4.78 is 10.9. The number of hydrazine groups is 1. The van der Waals surface area contributed by atoms with Crippen LogP contribution in [-0.4, -0.2) is 35.7 Å². The molecule has 0 atom stereocenters. The van der Waals surface area contributed by atoms with E-state index in [1.807, 2.05) is 19.3 Å². The summed E-state index contributed by atoms with van der Waals surface area (Å²) in [6.45, 7) is 4.69. The first-order valence-electron chi connectivity index (χ1n) is 5.66. The minimum Gasteiger partial charge on any atom is -0.322 e. The van der Waals surface area contributed by atoms with Gasteiger partial charge >= 0.3 is 0 Å². The molecule has 10 heteroatoms. The first-order chi connectivity index (χ1) is 8.97. The smallest absolute Gasteiger partial charge is 0.247 e. The van der Waals surface area contributed by atoms with Crippen molar-refractivity contribution in [2.75, 3.05) is 24.7 Å². The molecule has 1 amide bonds. The molecule has 0 aromatic carbocycles. The predicted octanol–water partition coefficient (Wildman–Crippen LogP) is 1.66. The van der Waals surface area contributed by atoms with E-state index in [1.165, 1.54) is 11.4 Å². The molecule has 0 aliphatic rings. The lowest BCUT2D eigenvalue weighted by molar-refractivity contribution is -0.119. The molecule has 0 bridgehead atoms. The zero-order valence-corrected chi connectivity index (χ0v) is 14.3. The monoisotopic (exact) mass is 346 g/mol. The van der Waals surface area contributed by atoms with Crippen molar-refractivity contribution >= 4 is 51.7 Å². The lowest BCUT2D eigenvalue weighted by atomic mass is 10.5. The molecule has 6 nitrogen and oxygen atoms in total. The highest BCUT2D eigenvalue weighted by Crippen LogP contribution is 2.61. The minimum absolute atomic E-state index is 0.0328. The number of carbonyl (C=O) groups excluding carboxylic acids is 2. The summed E-state index contributed by atoms with van der Waals surface area (Å²) in [6, 6.07) is 0. The van der Waals surface area contributed by atoms with Crippen LogP contribution in [0.5, 0.6) is 0 Å². The molecule has 0 rings (SSSR count). The minimum atomic E-state index is -2.33. The van der Waals surface area contributed by atoms with Crippen LogP contribution in [0, 0.1) is 0 Å². The summed E-state index contributed by atoms with van der Waals surface area (Å²) in [5.74, 6) is 5.09. The fourth-order valence-electron chi connectivity index (χ4n) is 0.929. The number of nitrogens with two attached hydrogens (primary N) is 1. The SMILES string of the molecule is CCOP(=S)(OCC)SCCC(=O)SCC(=O)NN. The van der Waals surface area contributed by atoms with E-state index in [9.17, 15) is 9.59 Å². The molecule has 0 aliphatic heterocycles. The normalized spacial score (nSPS) is 11.3. The van der Waals surface area contributed by atoms with E-state index >= 15 is 0 Å². The lowest BCUT2D eigenvalue weighted by Crippen LogP contribution is -2.31. The molecule has 0 radical (unpaired) electrons. The van der Waals surface area contributed by atoms with Gasteiger partial charge < -0.3 is 9.05 Å². The van der Waals surface area contributed by atoms with Crippen molar-refractivity contribution in [1.82, 2.24) is 5.43 Å². The molecule has 0 aromatic rings. The van der Waals surface area contributed by atoms with Crippen LogP contribution in [0.4, 0.5) is 0 Å². The van der Waals surface area contributed by atoms with Crippen LogP contribution in [0.2, 0.25) is 0 Å². The van der Waals surface area contributed by atoms with E-state index in [0.29, 0.717) is 25.4 Å². The van der Waals surface area contributed by atoms with E-state index < -0.39 is 5.69 Å². The highest BCUT2D eigenvalue weighted by Gasteiger charge is 2.19. The maximum absolute atomic E-state index is 11.5. The number of hydrogen-bond acceptors (Lipinski definition) is 8. The second-order valence-corrected chi connectivity index (χ2v) is 10.6. The molecule has 0 unspecified atom stereocenters. The molecule has 0 aliphatic carbocycles. The standard InChI is InChI=1S/C9H19N2O4PS3/c1-3-14-16(17,15-4-2)19-6-5-9(13)18-7-8(12)11-10/h3-7,10H2,1-2H3,(H,11,12). The van der Waals surface area contributed by atoms with Crippen LogP contribution in [0.3, 0.4) is 0 Å². The van der Waals surface area contributed by atoms with Gasteiger partial charge in [0.25, 0.3) is 0 Å². The van der Waals surface area contributed by atoms with Crippen LogP contribution in [0.25, 0.3) is 0 Å². The second-order valence-electron chi connectivity index (χ2n) is 3.09. The number of rotatable bonds is 10. The Hall–Kier alpha value is 0.370. The Morgan fingerprint density at radius 1 is 1.32 bits per heavy atom. The molecule has 0 saturated heterocycles. The van der Waals surface area contributed by atoms with E-state index in [-0.39, 0.29) is 16.8 Å². The molecule has 112 valence electrons. The summed E-state index contributed by atoms with van der Waals surface area (Å²) in [4.78, 5) is 22.3. The van der Waals surface area contributed by atoms with Crippen molar-refractivity contribution in [3.63, 3.8) is 0 Å². The van der Waals surface area contributed by atoms with Crippen LogP contribution >= 0.6 is 28.8 Å². The Kier molecular flexibility index (Phi) is 11.3. The number of nitrogens with one attached hydrogen (secondary N) is 1. The molecule has 19 heavy (non-hydrogen) atoms. The highest BCUT2D eigenvalue weighted by atomic mass is 32.9. The summed E-state index contributed by atoms with van der Waals surface area (Å²) in [5, 5.41) is -0.0781. The first-order valence-corrected chi connectivity index (χ1v) is 10.9. The third-order valence-corrected chi connectivity index (χ3v) is 8.15. The van der Waals surface area contributed by atoms with Gasteiger partial charge in [-0.05, 0) is 25.7 Å². The van der Waals surface area contributed by atoms with Crippen molar-refractivity contribution < 1.29 is 18.6 Å². The molecule has 0 heterocycles. The molecular weight excluding hydrogens is 327 g/mol. The Morgan fingerprint density at radius 2 is 1.89 bits per heavy atom. The van der Waals surface area contributed by atoms with Gasteiger partial charge in [-0.25, -0.2) is 5.84 Å². The number of hydrogen-bond donors (Lipinski definition) is 2. The zero-order chi connectivity index (χ0) is 14.7. The van der Waals surface area contributed by atoms with Crippen molar-refractivity contribution in [3.05, 3.63) is 0 Å². The van der Waals surface area contributed by atoms with Gasteiger partial charge in [0.15, 0.2) is 5.12 Å². The average Bonchev–Trinajstić information content (AvgIpc) is 2.36. The van der Waals surface area contributed by atoms with Gasteiger partial charge in [0.05, 0.1) is 19.0 Å². The quantitative estimate of drug-likeness (QED) is 0.267. The molecule has 0 aromatic heterocycles. The Balaban J connectivity index is 3.95. The largest absolute Gasteiger partial charge is 0.322 e. The van der Waals surface area contributed by atoms with Crippen LogP contribution < -0.4 is 11.3 Å². The summed E-state index contributed by atoms with van der Waals surface area (Å²) in [5.41, 5.74) is -0.364. The Morgan fingerprint density at radius 3 is 2.37 bits per heavy atom. The van der Waals surface area contributed by atoms with Gasteiger partial charge in [0.1, 0.15) is 0 Å². The summed E-state index contributed by atoms with van der Waals surface area (Å²) in [7, 11) is 0. The maximum atomic E-state index is 11.5. The highest BCUT2D eigenvalue weighted by molar-refractivity contribution is 8.67. The average molecular weight is 346 g/mol. The van der Waals surface area contributed by atoms with Crippen LogP contribution in [0.15, 0.2) is 0 Å². The number of amides is 1. The van der Waals surface area contributed by atoms with Crippen molar-refractivity contribution in [2.24, 2.45) is 5.84 Å². The predicted molar refractivity (Wildman–Crippen MR) is 84.4 cm³/mol. The van der Waals surface area contributed by atoms with Crippen molar-refractivity contribution in [2.45, 2.75) is 20.3 Å². The molecule has 0 spiro atoms. The second kappa shape index (κ2) is 11.1. The molecule has 3 N–H and O–H groups in total. The molecule has 0 fully saturated rings. The summed E-state index contributed by atoms with van der Waals surface area (Å²) >= 11 is 7.61. The van der Waals surface area contributed by atoms with Gasteiger partial charge in [0, 0.05) is 12.2 Å². The van der Waals surface area contributed by atoms with E-state index in [0.717, 1.165) is 11.8 Å². The number of thioether (sulfide) groups is 1. The lowest BCUT2D eigenvalue weighted by Gasteiger charge is -2.19. The van der Waals surface area contributed by atoms with Gasteiger partial charge in [-0.1, -0.05) is 23.1 Å². The number of carbonyl (C=O) groups is 2. The third kappa shape index (κ3) is 9.84. The summed E-state index contributed by atoms with van der Waals surface area (Å²) in [6.07, 6.45) is 0.311. The van der Waals surface area contributed by atoms with Gasteiger partial charge in [-0.15, -0.1) is 0 Å². The van der Waals surface area contributed by atoms with E-state index in [4.69, 9.17) is 26.7 Å². The third-order valence-electron chi connectivity index (χ3n) is 1.66. The first kappa shape index (κ1) is 19.4. The molecule has 0 saturated carbocycles. The van der Waals surface area contributed by atoms with Crippen molar-refractivity contribution in [1.29, 1.82) is 0 Å². The Bertz CT molecular complexity index is 333. The zero-order valence-electron chi connectivity index (χ0n) is 10.9. The van der Waals surface area contributed by atoms with Crippen molar-refractivity contribution in [3.8, 4) is 0 Å². The van der Waals surface area contributed by atoms with Gasteiger partial charge in [0.2, 0.25) is 11.6 Å². The maximum Gasteiger partial charge on any atom is 0.247 e. The fraction of sp³-hybridized carbons (Fsp3) is 0.778. The Labute approximate surface area is 126 Å². The van der Waals surface area contributed by atoms with E-state index in [2.05, 4.69) is 0 Å². The molecular formula is C9H19N2O4PS3.